The van der Waals surface area contributed by atoms with Gasteiger partial charge in [-0.25, -0.2) is 9.98 Å². The van der Waals surface area contributed by atoms with E-state index in [1.165, 1.54) is 11.1 Å². The molecule has 0 aliphatic carbocycles. The van der Waals surface area contributed by atoms with E-state index in [0.717, 1.165) is 24.5 Å². The average molecular weight is 333 g/mol. The van der Waals surface area contributed by atoms with E-state index in [1.807, 2.05) is 36.5 Å². The molecule has 0 aliphatic rings. The zero-order chi connectivity index (χ0) is 17.5. The van der Waals surface area contributed by atoms with E-state index in [1.54, 1.807) is 6.20 Å². The molecule has 0 saturated heterocycles. The minimum absolute atomic E-state index is 0.388. The predicted molar refractivity (Wildman–Crippen MR) is 103 cm³/mol. The first kappa shape index (κ1) is 16.8. The van der Waals surface area contributed by atoms with Crippen molar-refractivity contribution < 1.29 is 0 Å². The van der Waals surface area contributed by atoms with Gasteiger partial charge in [0.2, 0.25) is 0 Å². The molecule has 1 heterocycles. The number of hydrogen-bond acceptors (Lipinski definition) is 2. The zero-order valence-electron chi connectivity index (χ0n) is 14.4. The number of aliphatic imine (C=N–C) groups is 1. The fourth-order valence-corrected chi connectivity index (χ4v) is 2.58. The summed E-state index contributed by atoms with van der Waals surface area (Å²) in [6.45, 7) is 3.35. The smallest absolute Gasteiger partial charge is 0.193 e. The van der Waals surface area contributed by atoms with Crippen LogP contribution >= 0.6 is 0 Å². The Morgan fingerprint density at radius 3 is 2.56 bits per heavy atom. The third-order valence-corrected chi connectivity index (χ3v) is 4.02. The van der Waals surface area contributed by atoms with Crippen molar-refractivity contribution in [2.75, 3.05) is 5.32 Å². The van der Waals surface area contributed by atoms with Crippen molar-refractivity contribution in [1.29, 1.82) is 0 Å². The first-order chi connectivity index (χ1) is 12.2. The van der Waals surface area contributed by atoms with Gasteiger partial charge in [0.15, 0.2) is 5.96 Å². The van der Waals surface area contributed by atoms with E-state index in [4.69, 9.17) is 5.73 Å². The Morgan fingerprint density at radius 1 is 1.08 bits per heavy atom. The maximum atomic E-state index is 6.00. The van der Waals surface area contributed by atoms with Crippen LogP contribution in [0.15, 0.2) is 72.0 Å². The molecule has 5 nitrogen and oxygen atoms in total. The number of rotatable bonds is 6. The molecule has 0 radical (unpaired) electrons. The standard InChI is InChI=1S/C20H23N5/c1-2-16-8-10-18(11-9-16)24-20(21)23-14-19-22-12-13-25(19)15-17-6-4-3-5-7-17/h3-13H,2,14-15H2,1H3,(H3,21,23,24). The number of benzene rings is 2. The van der Waals surface area contributed by atoms with Crippen molar-refractivity contribution in [3.8, 4) is 0 Å². The van der Waals surface area contributed by atoms with Gasteiger partial charge in [-0.15, -0.1) is 0 Å². The van der Waals surface area contributed by atoms with Gasteiger partial charge in [0.1, 0.15) is 12.4 Å². The molecule has 0 unspecified atom stereocenters. The molecule has 0 saturated carbocycles. The van der Waals surface area contributed by atoms with Gasteiger partial charge >= 0.3 is 0 Å². The van der Waals surface area contributed by atoms with Crippen LogP contribution in [0.5, 0.6) is 0 Å². The van der Waals surface area contributed by atoms with E-state index in [-0.39, 0.29) is 0 Å². The lowest BCUT2D eigenvalue weighted by molar-refractivity contribution is 0.724. The van der Waals surface area contributed by atoms with Crippen LogP contribution < -0.4 is 11.1 Å². The van der Waals surface area contributed by atoms with E-state index in [9.17, 15) is 0 Å². The van der Waals surface area contributed by atoms with Gasteiger partial charge in [0.05, 0.1) is 0 Å². The second-order valence-corrected chi connectivity index (χ2v) is 5.83. The normalized spacial score (nSPS) is 11.5. The molecule has 25 heavy (non-hydrogen) atoms. The number of nitrogens with two attached hydrogens (primary N) is 1. The molecule has 0 aliphatic heterocycles. The summed E-state index contributed by atoms with van der Waals surface area (Å²) in [4.78, 5) is 8.79. The average Bonchev–Trinajstić information content (AvgIpc) is 3.08. The third-order valence-electron chi connectivity index (χ3n) is 4.02. The second kappa shape index (κ2) is 8.15. The molecule has 1 aromatic heterocycles. The minimum Gasteiger partial charge on any atom is -0.370 e. The van der Waals surface area contributed by atoms with Crippen LogP contribution in [0, 0.1) is 0 Å². The maximum absolute atomic E-state index is 6.00. The third kappa shape index (κ3) is 4.70. The Bertz CT molecular complexity index is 819. The molecule has 0 amide bonds. The van der Waals surface area contributed by atoms with E-state index in [0.29, 0.717) is 12.5 Å². The molecule has 0 spiro atoms. The number of imidazole rings is 1. The molecular weight excluding hydrogens is 310 g/mol. The summed E-state index contributed by atoms with van der Waals surface area (Å²) in [5, 5.41) is 3.12. The van der Waals surface area contributed by atoms with Crippen molar-refractivity contribution in [2.24, 2.45) is 10.7 Å². The summed E-state index contributed by atoms with van der Waals surface area (Å²) in [5.74, 6) is 1.27. The van der Waals surface area contributed by atoms with Gasteiger partial charge in [0, 0.05) is 24.6 Å². The summed E-state index contributed by atoms with van der Waals surface area (Å²) in [6.07, 6.45) is 4.78. The Labute approximate surface area is 148 Å². The molecule has 0 bridgehead atoms. The first-order valence-electron chi connectivity index (χ1n) is 8.44. The zero-order valence-corrected chi connectivity index (χ0v) is 14.4. The highest BCUT2D eigenvalue weighted by Gasteiger charge is 2.03. The van der Waals surface area contributed by atoms with Gasteiger partial charge < -0.3 is 15.6 Å². The Morgan fingerprint density at radius 2 is 1.84 bits per heavy atom. The van der Waals surface area contributed by atoms with E-state index < -0.39 is 0 Å². The number of aromatic nitrogens is 2. The van der Waals surface area contributed by atoms with Crippen molar-refractivity contribution in [1.82, 2.24) is 9.55 Å². The molecule has 5 heteroatoms. The lowest BCUT2D eigenvalue weighted by Gasteiger charge is -2.08. The van der Waals surface area contributed by atoms with Gasteiger partial charge in [-0.3, -0.25) is 0 Å². The van der Waals surface area contributed by atoms with Crippen molar-refractivity contribution in [3.63, 3.8) is 0 Å². The monoisotopic (exact) mass is 333 g/mol. The highest BCUT2D eigenvalue weighted by Crippen LogP contribution is 2.10. The summed E-state index contributed by atoms with van der Waals surface area (Å²) in [7, 11) is 0. The molecule has 128 valence electrons. The number of anilines is 1. The summed E-state index contributed by atoms with van der Waals surface area (Å²) >= 11 is 0. The molecule has 0 atom stereocenters. The van der Waals surface area contributed by atoms with Gasteiger partial charge in [0.25, 0.3) is 0 Å². The Hall–Kier alpha value is -3.08. The number of guanidine groups is 1. The topological polar surface area (TPSA) is 68.2 Å². The first-order valence-corrected chi connectivity index (χ1v) is 8.44. The van der Waals surface area contributed by atoms with Crippen LogP contribution in [0.3, 0.4) is 0 Å². The van der Waals surface area contributed by atoms with Crippen LogP contribution in [0.4, 0.5) is 5.69 Å². The van der Waals surface area contributed by atoms with E-state index in [2.05, 4.69) is 51.0 Å². The summed E-state index contributed by atoms with van der Waals surface area (Å²) in [5.41, 5.74) is 9.46. The number of hydrogen-bond donors (Lipinski definition) is 2. The molecule has 3 rings (SSSR count). The lowest BCUT2D eigenvalue weighted by atomic mass is 10.1. The molecule has 0 fully saturated rings. The summed E-state index contributed by atoms with van der Waals surface area (Å²) < 4.78 is 2.09. The molecule has 3 N–H and O–H groups in total. The Balaban J connectivity index is 1.62. The van der Waals surface area contributed by atoms with Crippen molar-refractivity contribution >= 4 is 11.6 Å². The van der Waals surface area contributed by atoms with Crippen LogP contribution in [-0.2, 0) is 19.5 Å². The van der Waals surface area contributed by atoms with Gasteiger partial charge in [-0.1, -0.05) is 49.4 Å². The molecule has 3 aromatic rings. The van der Waals surface area contributed by atoms with Gasteiger partial charge in [-0.05, 0) is 29.7 Å². The maximum Gasteiger partial charge on any atom is 0.193 e. The predicted octanol–water partition coefficient (Wildman–Crippen LogP) is 3.42. The van der Waals surface area contributed by atoms with Crippen LogP contribution in [-0.4, -0.2) is 15.5 Å². The highest BCUT2D eigenvalue weighted by molar-refractivity contribution is 5.92. The Kier molecular flexibility index (Phi) is 5.46. The largest absolute Gasteiger partial charge is 0.370 e. The van der Waals surface area contributed by atoms with Crippen LogP contribution in [0.2, 0.25) is 0 Å². The van der Waals surface area contributed by atoms with Gasteiger partial charge in [-0.2, -0.15) is 0 Å². The highest BCUT2D eigenvalue weighted by atomic mass is 15.1. The fraction of sp³-hybridized carbons (Fsp3) is 0.200. The number of aryl methyl sites for hydroxylation is 1. The quantitative estimate of drug-likeness (QED) is 0.536. The number of nitrogens with one attached hydrogen (secondary N) is 1. The molecule has 2 aromatic carbocycles. The second-order valence-electron chi connectivity index (χ2n) is 5.83. The van der Waals surface area contributed by atoms with Crippen LogP contribution in [0.25, 0.3) is 0 Å². The lowest BCUT2D eigenvalue weighted by Crippen LogP contribution is -2.22. The SMILES string of the molecule is CCc1ccc(NC(N)=NCc2nccn2Cc2ccccc2)cc1. The van der Waals surface area contributed by atoms with Crippen molar-refractivity contribution in [2.45, 2.75) is 26.4 Å². The number of nitrogens with zero attached hydrogens (tertiary/aromatic N) is 3. The molecular formula is C20H23N5. The van der Waals surface area contributed by atoms with Crippen LogP contribution in [0.1, 0.15) is 23.9 Å². The van der Waals surface area contributed by atoms with E-state index >= 15 is 0 Å². The fourth-order valence-electron chi connectivity index (χ4n) is 2.58. The summed E-state index contributed by atoms with van der Waals surface area (Å²) in [6, 6.07) is 18.5. The minimum atomic E-state index is 0.388. The van der Waals surface area contributed by atoms with Crippen molar-refractivity contribution in [3.05, 3.63) is 83.9 Å².